The average molecular weight is 2100 g/mol. The molecule has 3 aromatic heterocycles. The molecule has 0 aliphatic heterocycles. The maximum atomic E-state index is 13.1. The summed E-state index contributed by atoms with van der Waals surface area (Å²) in [7, 11) is 11.1. The molecule has 34 nitrogen and oxygen atoms in total. The SMILES string of the molecule is C.CNC(=O)Cl.CNC(=O)Oc1[c-]c2oc(=O)c(NC(=O)c3ccc(OC)c(-c4cccc(OC)c4)c3)cc2cc1C.COc1cccc(-c2cc(C(=O)Nc3cc4cc(C)c(OC(N)=O)[c-]c4oc3=O)ccc2OC)c1.COc1cccc(-c2cc(C(=O)Nc3cc4cc(C)c(OP(=O)(OC)OC)[c-]c4oc3=O)ccc2OC)c1.ClCCl.O=C=NS(=O)(=O)Cl.[Y].[Y].[Y]. The predicted molar refractivity (Wildman–Crippen MR) is 471 cm³/mol. The number of nitrogens with one attached hydrogen (secondary N) is 5. The van der Waals surface area contributed by atoms with Crippen molar-refractivity contribution < 1.29 is 209 Å². The smallest absolute Gasteiger partial charge is 0.497 e. The number of anilines is 3. The van der Waals surface area contributed by atoms with Crippen molar-refractivity contribution in [2.75, 3.05) is 92.3 Å². The predicted octanol–water partition coefficient (Wildman–Crippen LogP) is 16.9. The Labute approximate surface area is 827 Å². The van der Waals surface area contributed by atoms with Gasteiger partial charge in [0.05, 0.1) is 48.0 Å². The Hall–Kier alpha value is -10.4. The average Bonchev–Trinajstić information content (AvgIpc) is 0.781. The number of isocyanates is 1. The number of benzene rings is 9. The molecule has 0 fully saturated rings. The molecule has 0 bridgehead atoms. The van der Waals surface area contributed by atoms with Crippen LogP contribution in [0.5, 0.6) is 51.7 Å². The second-order valence-corrected chi connectivity index (χ2v) is 29.7. The molecule has 3 heterocycles. The number of amides is 6. The molecule has 12 rings (SSSR count). The fourth-order valence-electron chi connectivity index (χ4n) is 10.9. The molecule has 0 atom stereocenters. The van der Waals surface area contributed by atoms with Crippen LogP contribution in [0.4, 0.5) is 31.4 Å². The molecule has 43 heteroatoms. The molecule has 667 valence electrons. The Morgan fingerprint density at radius 3 is 1.04 bits per heavy atom. The van der Waals surface area contributed by atoms with E-state index in [4.69, 9.17) is 110 Å². The van der Waals surface area contributed by atoms with E-state index in [-0.39, 0.29) is 162 Å². The maximum absolute atomic E-state index is 13.1. The van der Waals surface area contributed by atoms with E-state index in [1.807, 2.05) is 72.8 Å². The quantitative estimate of drug-likeness (QED) is 0.00536. The van der Waals surface area contributed by atoms with Crippen molar-refractivity contribution in [1.29, 1.82) is 0 Å². The number of rotatable bonds is 22. The van der Waals surface area contributed by atoms with Gasteiger partial charge in [0.1, 0.15) is 51.6 Å². The number of alkyl halides is 2. The molecule has 128 heavy (non-hydrogen) atoms. The van der Waals surface area contributed by atoms with E-state index in [1.54, 1.807) is 122 Å². The Morgan fingerprint density at radius 2 is 0.781 bits per heavy atom. The molecular weight excluding hydrogens is 2020 g/mol. The zero-order valence-electron chi connectivity index (χ0n) is 69.4. The maximum Gasteiger partial charge on any atom is 0.527 e. The number of ether oxygens (including phenoxy) is 8. The molecule has 6 amide bonds. The molecule has 12 aromatic rings. The number of carbonyl (C=O) groups excluding carboxylic acids is 7. The number of methoxy groups -OCH3 is 6. The van der Waals surface area contributed by atoms with E-state index in [1.165, 1.54) is 60.7 Å². The summed E-state index contributed by atoms with van der Waals surface area (Å²) in [4.78, 5) is 118. The topological polar surface area (TPSA) is 461 Å². The number of phosphoric acid groups is 1. The number of fused-ring (bicyclic) bond motifs is 3. The molecule has 0 aliphatic rings. The van der Waals surface area contributed by atoms with Crippen LogP contribution < -0.4 is 91.6 Å². The van der Waals surface area contributed by atoms with Crippen molar-refractivity contribution >= 4 is 154 Å². The van der Waals surface area contributed by atoms with Crippen LogP contribution >= 0.6 is 53.3 Å². The largest absolute Gasteiger partial charge is 0.527 e. The van der Waals surface area contributed by atoms with Gasteiger partial charge in [-0.1, -0.05) is 122 Å². The first-order chi connectivity index (χ1) is 59.0. The fraction of sp³-hybridized carbons (Fsp3) is 0.176. The van der Waals surface area contributed by atoms with Crippen LogP contribution in [0, 0.1) is 39.0 Å². The normalized spacial score (nSPS) is 10.2. The van der Waals surface area contributed by atoms with E-state index in [2.05, 4.69) is 59.9 Å². The molecule has 0 saturated heterocycles. The molecule has 7 N–H and O–H groups in total. The zero-order chi connectivity index (χ0) is 91.3. The third kappa shape index (κ3) is 32.1. The van der Waals surface area contributed by atoms with Crippen molar-refractivity contribution in [1.82, 2.24) is 10.6 Å². The summed E-state index contributed by atoms with van der Waals surface area (Å²) in [5, 5.41) is 13.4. The Balaban J connectivity index is 0.000000451. The van der Waals surface area contributed by atoms with Crippen molar-refractivity contribution in [3.05, 3.63) is 247 Å². The molecule has 0 aliphatic carbocycles. The van der Waals surface area contributed by atoms with Crippen LogP contribution in [-0.4, -0.2) is 126 Å². The van der Waals surface area contributed by atoms with Gasteiger partial charge in [-0.3, -0.25) is 28.2 Å². The number of carbonyl (C=O) groups is 6. The van der Waals surface area contributed by atoms with Gasteiger partial charge in [-0.15, -0.1) is 39.9 Å². The van der Waals surface area contributed by atoms with E-state index in [0.717, 1.165) is 22.8 Å². The second-order valence-electron chi connectivity index (χ2n) is 24.5. The van der Waals surface area contributed by atoms with Crippen LogP contribution in [-0.2, 0) is 126 Å². The van der Waals surface area contributed by atoms with Crippen LogP contribution in [0.1, 0.15) is 55.2 Å². The van der Waals surface area contributed by atoms with Gasteiger partial charge in [0.2, 0.25) is 0 Å². The van der Waals surface area contributed by atoms with Crippen LogP contribution in [0.2, 0.25) is 0 Å². The minimum atomic E-state index is -4.00. The number of primary amides is 1. The number of nitrogens with two attached hydrogens (primary N) is 1. The Morgan fingerprint density at radius 1 is 0.477 bits per heavy atom. The first-order valence-electron chi connectivity index (χ1n) is 35.3. The first-order valence-corrected chi connectivity index (χ1v) is 40.5. The van der Waals surface area contributed by atoms with Crippen LogP contribution in [0.3, 0.4) is 0 Å². The molecular formula is C85H79Cl4N7O27PSY3-3. The van der Waals surface area contributed by atoms with Gasteiger partial charge in [0, 0.05) is 205 Å². The van der Waals surface area contributed by atoms with Gasteiger partial charge in [-0.2, -0.15) is 26.6 Å². The van der Waals surface area contributed by atoms with Gasteiger partial charge in [0.25, 0.3) is 23.8 Å². The summed E-state index contributed by atoms with van der Waals surface area (Å²) in [6.07, 6.45) is -0.922. The van der Waals surface area contributed by atoms with Gasteiger partial charge < -0.3 is 88.0 Å². The summed E-state index contributed by atoms with van der Waals surface area (Å²) in [6, 6.07) is 54.4. The minimum Gasteiger partial charge on any atom is -0.497 e. The van der Waals surface area contributed by atoms with Gasteiger partial charge >= 0.3 is 51.5 Å². The molecule has 0 spiro atoms. The van der Waals surface area contributed by atoms with E-state index < -0.39 is 69.2 Å². The van der Waals surface area contributed by atoms with Crippen LogP contribution in [0.25, 0.3) is 66.3 Å². The Kier molecular flexibility index (Phi) is 46.7. The van der Waals surface area contributed by atoms with Crippen molar-refractivity contribution in [2.24, 2.45) is 10.1 Å². The zero-order valence-corrected chi connectivity index (χ0v) is 82.7. The van der Waals surface area contributed by atoms with Crippen molar-refractivity contribution in [3.63, 3.8) is 0 Å². The first kappa shape index (κ1) is 112. The number of nitrogens with zero attached hydrogens (tertiary/aromatic N) is 1. The van der Waals surface area contributed by atoms with E-state index in [9.17, 15) is 56.1 Å². The van der Waals surface area contributed by atoms with Gasteiger partial charge in [0.15, 0.2) is 0 Å². The number of phosphoric ester groups is 1. The fourth-order valence-corrected chi connectivity index (χ4v) is 11.8. The van der Waals surface area contributed by atoms with Gasteiger partial charge in [-0.25, -0.2) is 33.3 Å². The summed E-state index contributed by atoms with van der Waals surface area (Å²) in [5.41, 5.74) is 9.67. The summed E-state index contributed by atoms with van der Waals surface area (Å²) in [5.74, 6) is 2.35. The summed E-state index contributed by atoms with van der Waals surface area (Å²) < 4.78 is 107. The number of hydrogen-bond acceptors (Lipinski definition) is 27. The third-order valence-electron chi connectivity index (χ3n) is 16.7. The molecule has 0 unspecified atom stereocenters. The summed E-state index contributed by atoms with van der Waals surface area (Å²) in [6.45, 7) is 5.08. The number of aryl methyl sites for hydroxylation is 3. The molecule has 3 radical (unpaired) electrons. The molecule has 0 saturated carbocycles. The van der Waals surface area contributed by atoms with Crippen LogP contribution in [0.15, 0.2) is 196 Å². The van der Waals surface area contributed by atoms with Crippen molar-refractivity contribution in [2.45, 2.75) is 28.2 Å². The number of hydrogen-bond donors (Lipinski definition) is 6. The second kappa shape index (κ2) is 53.5. The third-order valence-corrected chi connectivity index (χ3v) is 18.7. The van der Waals surface area contributed by atoms with Crippen molar-refractivity contribution in [3.8, 4) is 85.1 Å². The number of halogens is 4. The molecule has 9 aromatic carbocycles. The van der Waals surface area contributed by atoms with E-state index >= 15 is 0 Å². The van der Waals surface area contributed by atoms with E-state index in [0.29, 0.717) is 101 Å². The Bertz CT molecular complexity index is 6400. The van der Waals surface area contributed by atoms with Gasteiger partial charge in [-0.05, 0) is 119 Å². The monoisotopic (exact) mass is 2100 g/mol. The standard InChI is InChI=1S/C27H23N2O7.C27H25NO9P.C26H21N2O7.C2H4ClNO.CH2Cl2.CClNO3S.CH4.3Y/c1-15-10-18-13-21(26(31)35-24(18)14-23(15)36-27(32)28-2)29-25(30)17-8-9-22(34-4)20(12-17)16-6-5-7-19(11-16)33-3;1-16-11-19-14-22(27(30)36-25(19)15-24(16)37-38(31,34-4)35-5)28-26(29)18-9-10-23(33-3)21(13-18)17-7-6-8-20(12-17)32-2;1-14-9-17-12-20(25(30)34-23(17)13-22(14)35-26(27)31)28-24(29)16-7-8-21(33-3)19(11-16)15-5-4-6-18(10-15)32-2;1-4-2(3)5;2-1-3;2-7(5,6)3-1-4;;;;/h5-13H,1-4H3,(H,28,32)(H,29,30);6-14H,1-5H3,(H,28,29);4-12H,1-3H3,(H2,27,31)(H,28,29);1H3,(H,4,5);1H2;;1H4;;;/q3*-1;;;;;;;. The minimum absolute atomic E-state index is 0. The summed E-state index contributed by atoms with van der Waals surface area (Å²) >= 11 is 14.2.